The standard InChI is InChI=1S/C15H15BrClNO/c1-2-19-14-6-4-3-5-12(14)15(18)11-8-7-10(17)9-13(11)16/h3-9,15H,2,18H2,1H3. The number of hydrogen-bond acceptors (Lipinski definition) is 2. The van der Waals surface area contributed by atoms with E-state index in [0.29, 0.717) is 11.6 Å². The predicted molar refractivity (Wildman–Crippen MR) is 82.8 cm³/mol. The van der Waals surface area contributed by atoms with Gasteiger partial charge in [-0.05, 0) is 30.7 Å². The first-order valence-electron chi connectivity index (χ1n) is 6.05. The number of ether oxygens (including phenoxy) is 1. The van der Waals surface area contributed by atoms with Crippen molar-refractivity contribution in [1.82, 2.24) is 0 Å². The van der Waals surface area contributed by atoms with Crippen LogP contribution < -0.4 is 10.5 Å². The molecule has 2 nitrogen and oxygen atoms in total. The minimum absolute atomic E-state index is 0.255. The van der Waals surface area contributed by atoms with Crippen molar-refractivity contribution in [1.29, 1.82) is 0 Å². The second-order valence-electron chi connectivity index (χ2n) is 4.11. The summed E-state index contributed by atoms with van der Waals surface area (Å²) < 4.78 is 6.52. The summed E-state index contributed by atoms with van der Waals surface area (Å²) in [7, 11) is 0. The van der Waals surface area contributed by atoms with Gasteiger partial charge in [0, 0.05) is 15.1 Å². The van der Waals surface area contributed by atoms with Crippen molar-refractivity contribution in [3.8, 4) is 5.75 Å². The lowest BCUT2D eigenvalue weighted by Crippen LogP contribution is -2.14. The van der Waals surface area contributed by atoms with Crippen LogP contribution in [0.25, 0.3) is 0 Å². The summed E-state index contributed by atoms with van der Waals surface area (Å²) in [6.45, 7) is 2.58. The van der Waals surface area contributed by atoms with Gasteiger partial charge in [-0.15, -0.1) is 0 Å². The molecule has 1 atom stereocenters. The zero-order valence-corrected chi connectivity index (χ0v) is 12.9. The number of rotatable bonds is 4. The minimum atomic E-state index is -0.255. The second-order valence-corrected chi connectivity index (χ2v) is 5.41. The van der Waals surface area contributed by atoms with E-state index >= 15 is 0 Å². The summed E-state index contributed by atoms with van der Waals surface area (Å²) in [5.74, 6) is 0.819. The van der Waals surface area contributed by atoms with Gasteiger partial charge in [0.15, 0.2) is 0 Å². The van der Waals surface area contributed by atoms with Crippen LogP contribution in [0.15, 0.2) is 46.9 Å². The van der Waals surface area contributed by atoms with Crippen molar-refractivity contribution in [3.63, 3.8) is 0 Å². The normalized spacial score (nSPS) is 12.2. The highest BCUT2D eigenvalue weighted by atomic mass is 79.9. The molecular weight excluding hydrogens is 326 g/mol. The molecule has 4 heteroatoms. The Labute approximate surface area is 126 Å². The van der Waals surface area contributed by atoms with Crippen molar-refractivity contribution in [3.05, 3.63) is 63.1 Å². The van der Waals surface area contributed by atoms with Gasteiger partial charge in [0.2, 0.25) is 0 Å². The fraction of sp³-hybridized carbons (Fsp3) is 0.200. The van der Waals surface area contributed by atoms with E-state index in [1.54, 1.807) is 0 Å². The molecule has 2 aromatic carbocycles. The molecule has 0 fully saturated rings. The highest BCUT2D eigenvalue weighted by Gasteiger charge is 2.16. The van der Waals surface area contributed by atoms with Crippen molar-refractivity contribution >= 4 is 27.5 Å². The highest BCUT2D eigenvalue weighted by molar-refractivity contribution is 9.10. The molecule has 0 saturated heterocycles. The number of nitrogens with two attached hydrogens (primary N) is 1. The Morgan fingerprint density at radius 2 is 1.95 bits per heavy atom. The van der Waals surface area contributed by atoms with Gasteiger partial charge in [-0.3, -0.25) is 0 Å². The van der Waals surface area contributed by atoms with E-state index < -0.39 is 0 Å². The summed E-state index contributed by atoms with van der Waals surface area (Å²) in [6, 6.07) is 13.2. The van der Waals surface area contributed by atoms with Crippen LogP contribution in [0.2, 0.25) is 5.02 Å². The molecule has 19 heavy (non-hydrogen) atoms. The molecule has 0 saturated carbocycles. The van der Waals surface area contributed by atoms with Gasteiger partial charge in [-0.25, -0.2) is 0 Å². The highest BCUT2D eigenvalue weighted by Crippen LogP contribution is 2.33. The lowest BCUT2D eigenvalue weighted by molar-refractivity contribution is 0.335. The van der Waals surface area contributed by atoms with Gasteiger partial charge in [0.25, 0.3) is 0 Å². The van der Waals surface area contributed by atoms with Gasteiger partial charge >= 0.3 is 0 Å². The molecular formula is C15H15BrClNO. The Morgan fingerprint density at radius 3 is 2.63 bits per heavy atom. The van der Waals surface area contributed by atoms with E-state index in [4.69, 9.17) is 22.1 Å². The van der Waals surface area contributed by atoms with Crippen LogP contribution in [0.4, 0.5) is 0 Å². The van der Waals surface area contributed by atoms with Crippen LogP contribution in [0.1, 0.15) is 24.1 Å². The maximum atomic E-state index is 6.35. The molecule has 0 amide bonds. The third-order valence-corrected chi connectivity index (χ3v) is 3.77. The largest absolute Gasteiger partial charge is 0.494 e. The van der Waals surface area contributed by atoms with Gasteiger partial charge < -0.3 is 10.5 Å². The van der Waals surface area contributed by atoms with Crippen LogP contribution in [-0.4, -0.2) is 6.61 Å². The first-order valence-corrected chi connectivity index (χ1v) is 7.22. The summed E-state index contributed by atoms with van der Waals surface area (Å²) in [4.78, 5) is 0. The SMILES string of the molecule is CCOc1ccccc1C(N)c1ccc(Cl)cc1Br. The molecule has 0 spiro atoms. The Balaban J connectivity index is 2.41. The van der Waals surface area contributed by atoms with Gasteiger partial charge in [0.1, 0.15) is 5.75 Å². The third-order valence-electron chi connectivity index (χ3n) is 2.85. The first-order chi connectivity index (χ1) is 9.13. The van der Waals surface area contributed by atoms with E-state index in [1.807, 2.05) is 49.4 Å². The van der Waals surface area contributed by atoms with Gasteiger partial charge in [-0.2, -0.15) is 0 Å². The molecule has 0 bridgehead atoms. The average molecular weight is 341 g/mol. The van der Waals surface area contributed by atoms with Crippen molar-refractivity contribution < 1.29 is 4.74 Å². The molecule has 0 aliphatic carbocycles. The molecule has 0 aliphatic rings. The number of halogens is 2. The summed E-state index contributed by atoms with van der Waals surface area (Å²) in [5, 5.41) is 0.681. The summed E-state index contributed by atoms with van der Waals surface area (Å²) >= 11 is 9.46. The molecule has 1 unspecified atom stereocenters. The molecule has 0 aromatic heterocycles. The van der Waals surface area contributed by atoms with Crippen LogP contribution >= 0.6 is 27.5 Å². The number of benzene rings is 2. The van der Waals surface area contributed by atoms with Crippen LogP contribution in [-0.2, 0) is 0 Å². The van der Waals surface area contributed by atoms with E-state index in [-0.39, 0.29) is 6.04 Å². The maximum Gasteiger partial charge on any atom is 0.124 e. The molecule has 2 aromatic rings. The fourth-order valence-electron chi connectivity index (χ4n) is 1.95. The smallest absolute Gasteiger partial charge is 0.124 e. The predicted octanol–water partition coefficient (Wildman–Crippen LogP) is 4.55. The molecule has 0 heterocycles. The maximum absolute atomic E-state index is 6.35. The molecule has 0 aliphatic heterocycles. The van der Waals surface area contributed by atoms with Crippen LogP contribution in [0.3, 0.4) is 0 Å². The lowest BCUT2D eigenvalue weighted by Gasteiger charge is -2.18. The van der Waals surface area contributed by atoms with Crippen LogP contribution in [0, 0.1) is 0 Å². The minimum Gasteiger partial charge on any atom is -0.494 e. The van der Waals surface area contributed by atoms with Crippen LogP contribution in [0.5, 0.6) is 5.75 Å². The second kappa shape index (κ2) is 6.42. The molecule has 0 radical (unpaired) electrons. The lowest BCUT2D eigenvalue weighted by atomic mass is 9.99. The Kier molecular flexibility index (Phi) is 4.86. The van der Waals surface area contributed by atoms with E-state index in [9.17, 15) is 0 Å². The summed E-state index contributed by atoms with van der Waals surface area (Å²) in [6.07, 6.45) is 0. The fourth-order valence-corrected chi connectivity index (χ4v) is 2.87. The van der Waals surface area contributed by atoms with E-state index in [1.165, 1.54) is 0 Å². The Hall–Kier alpha value is -1.03. The Bertz CT molecular complexity index is 574. The number of hydrogen-bond donors (Lipinski definition) is 1. The average Bonchev–Trinajstić information content (AvgIpc) is 2.39. The van der Waals surface area contributed by atoms with E-state index in [0.717, 1.165) is 21.3 Å². The number of para-hydroxylation sites is 1. The molecule has 100 valence electrons. The van der Waals surface area contributed by atoms with E-state index in [2.05, 4.69) is 15.9 Å². The molecule has 2 N–H and O–H groups in total. The van der Waals surface area contributed by atoms with Crippen molar-refractivity contribution in [2.45, 2.75) is 13.0 Å². The van der Waals surface area contributed by atoms with Crippen molar-refractivity contribution in [2.24, 2.45) is 5.73 Å². The Morgan fingerprint density at radius 1 is 1.21 bits per heavy atom. The summed E-state index contributed by atoms with van der Waals surface area (Å²) in [5.41, 5.74) is 8.29. The monoisotopic (exact) mass is 339 g/mol. The van der Waals surface area contributed by atoms with Gasteiger partial charge in [-0.1, -0.05) is 51.8 Å². The molecule has 2 rings (SSSR count). The van der Waals surface area contributed by atoms with Gasteiger partial charge in [0.05, 0.1) is 12.6 Å². The topological polar surface area (TPSA) is 35.2 Å². The zero-order chi connectivity index (χ0) is 13.8. The van der Waals surface area contributed by atoms with Crippen molar-refractivity contribution in [2.75, 3.05) is 6.61 Å². The quantitative estimate of drug-likeness (QED) is 0.886. The zero-order valence-electron chi connectivity index (χ0n) is 10.6. The third kappa shape index (κ3) is 3.30. The first kappa shape index (κ1) is 14.4.